The highest BCUT2D eigenvalue weighted by atomic mass is 32.1. The average Bonchev–Trinajstić information content (AvgIpc) is 3.11. The van der Waals surface area contributed by atoms with E-state index in [9.17, 15) is 9.90 Å². The van der Waals surface area contributed by atoms with Crippen molar-refractivity contribution in [1.29, 1.82) is 0 Å². The fourth-order valence-corrected chi connectivity index (χ4v) is 4.33. The lowest BCUT2D eigenvalue weighted by atomic mass is 10.1. The van der Waals surface area contributed by atoms with E-state index in [1.807, 2.05) is 19.1 Å². The lowest BCUT2D eigenvalue weighted by Gasteiger charge is -2.03. The number of anilines is 1. The largest absolute Gasteiger partial charge is 0.504 e. The maximum absolute atomic E-state index is 11.3. The van der Waals surface area contributed by atoms with E-state index in [2.05, 4.69) is 20.5 Å². The molecule has 0 saturated heterocycles. The summed E-state index contributed by atoms with van der Waals surface area (Å²) in [5, 5.41) is 14.1. The number of nitrogens with two attached hydrogens (primary N) is 1. The lowest BCUT2D eigenvalue weighted by Crippen LogP contribution is -2.10. The van der Waals surface area contributed by atoms with Crippen molar-refractivity contribution in [2.24, 2.45) is 10.8 Å². The van der Waals surface area contributed by atoms with Crippen LogP contribution in [0.1, 0.15) is 21.5 Å². The van der Waals surface area contributed by atoms with Crippen molar-refractivity contribution in [3.8, 4) is 21.9 Å². The molecule has 2 aromatic carbocycles. The van der Waals surface area contributed by atoms with E-state index in [0.29, 0.717) is 22.7 Å². The van der Waals surface area contributed by atoms with Crippen molar-refractivity contribution in [2.75, 3.05) is 12.5 Å². The molecular weight excluding hydrogens is 414 g/mol. The zero-order valence-electron chi connectivity index (χ0n) is 16.8. The standard InChI is InChI=1S/C22H19N5O3S/c1-12-18-20(31-19(12)14-4-6-15(7-5-14)21(23)29)22(25-11-24-18)27-26-10-13-3-8-17(30-2)16(28)9-13/h3-11,28H,1-2H3,(H2,23,29)(H,24,25,27). The average molecular weight is 433 g/mol. The second-order valence-corrected chi connectivity index (χ2v) is 7.72. The zero-order valence-corrected chi connectivity index (χ0v) is 17.6. The van der Waals surface area contributed by atoms with Crippen LogP contribution in [-0.2, 0) is 0 Å². The Morgan fingerprint density at radius 3 is 2.68 bits per heavy atom. The maximum atomic E-state index is 11.3. The Balaban J connectivity index is 1.63. The number of nitrogens with zero attached hydrogens (tertiary/aromatic N) is 3. The number of thiophene rings is 1. The number of phenolic OH excluding ortho intramolecular Hbond substituents is 1. The van der Waals surface area contributed by atoms with Crippen LogP contribution in [0.4, 0.5) is 5.82 Å². The van der Waals surface area contributed by atoms with Gasteiger partial charge in [0.05, 0.1) is 23.5 Å². The van der Waals surface area contributed by atoms with E-state index in [1.54, 1.807) is 36.5 Å². The minimum atomic E-state index is -0.458. The van der Waals surface area contributed by atoms with E-state index in [0.717, 1.165) is 26.2 Å². The Hall–Kier alpha value is -3.98. The molecule has 0 saturated carbocycles. The van der Waals surface area contributed by atoms with Crippen molar-refractivity contribution >= 4 is 39.5 Å². The van der Waals surface area contributed by atoms with E-state index < -0.39 is 5.91 Å². The summed E-state index contributed by atoms with van der Waals surface area (Å²) in [7, 11) is 1.49. The van der Waals surface area contributed by atoms with Gasteiger partial charge in [-0.1, -0.05) is 12.1 Å². The molecule has 156 valence electrons. The second kappa shape index (κ2) is 8.41. The van der Waals surface area contributed by atoms with Crippen LogP contribution < -0.4 is 15.9 Å². The third-order valence-corrected chi connectivity index (χ3v) is 6.06. The number of aromatic nitrogens is 2. The number of hydrogen-bond donors (Lipinski definition) is 3. The second-order valence-electron chi connectivity index (χ2n) is 6.70. The predicted octanol–water partition coefficient (Wildman–Crippen LogP) is 3.93. The van der Waals surface area contributed by atoms with Crippen LogP contribution in [-0.4, -0.2) is 34.3 Å². The molecule has 0 aliphatic rings. The molecule has 2 aromatic heterocycles. The molecule has 9 heteroatoms. The van der Waals surface area contributed by atoms with Gasteiger partial charge in [0.25, 0.3) is 0 Å². The van der Waals surface area contributed by atoms with Crippen molar-refractivity contribution in [3.05, 3.63) is 65.5 Å². The third kappa shape index (κ3) is 4.03. The summed E-state index contributed by atoms with van der Waals surface area (Å²) in [4.78, 5) is 21.1. The molecule has 4 N–H and O–H groups in total. The first-order valence-electron chi connectivity index (χ1n) is 9.28. The van der Waals surface area contributed by atoms with Gasteiger partial charge < -0.3 is 15.6 Å². The first-order chi connectivity index (χ1) is 15.0. The molecule has 0 aliphatic heterocycles. The smallest absolute Gasteiger partial charge is 0.248 e. The summed E-state index contributed by atoms with van der Waals surface area (Å²) < 4.78 is 5.91. The number of benzene rings is 2. The van der Waals surface area contributed by atoms with Gasteiger partial charge in [0.1, 0.15) is 6.33 Å². The quantitative estimate of drug-likeness (QED) is 0.313. The van der Waals surface area contributed by atoms with Crippen molar-refractivity contribution < 1.29 is 14.6 Å². The fourth-order valence-electron chi connectivity index (χ4n) is 3.12. The van der Waals surface area contributed by atoms with Gasteiger partial charge in [-0.05, 0) is 53.9 Å². The molecule has 31 heavy (non-hydrogen) atoms. The molecule has 0 atom stereocenters. The van der Waals surface area contributed by atoms with Crippen LogP contribution in [0, 0.1) is 6.92 Å². The number of nitrogens with one attached hydrogen (secondary N) is 1. The van der Waals surface area contributed by atoms with E-state index >= 15 is 0 Å². The molecular formula is C22H19N5O3S. The fraction of sp³-hybridized carbons (Fsp3) is 0.0909. The van der Waals surface area contributed by atoms with E-state index in [-0.39, 0.29) is 5.75 Å². The third-order valence-electron chi connectivity index (χ3n) is 4.72. The molecule has 0 spiro atoms. The summed E-state index contributed by atoms with van der Waals surface area (Å²) in [5.74, 6) is 0.553. The summed E-state index contributed by atoms with van der Waals surface area (Å²) in [6.07, 6.45) is 3.07. The van der Waals surface area contributed by atoms with Crippen LogP contribution in [0.15, 0.2) is 53.9 Å². The van der Waals surface area contributed by atoms with Crippen LogP contribution in [0.25, 0.3) is 20.7 Å². The molecule has 0 aliphatic carbocycles. The van der Waals surface area contributed by atoms with Gasteiger partial charge in [0, 0.05) is 10.4 Å². The van der Waals surface area contributed by atoms with Gasteiger partial charge in [-0.2, -0.15) is 5.10 Å². The highest BCUT2D eigenvalue weighted by molar-refractivity contribution is 7.23. The molecule has 1 amide bonds. The van der Waals surface area contributed by atoms with E-state index in [1.165, 1.54) is 24.8 Å². The van der Waals surface area contributed by atoms with Gasteiger partial charge in [-0.3, -0.25) is 10.2 Å². The van der Waals surface area contributed by atoms with Crippen LogP contribution >= 0.6 is 11.3 Å². The molecule has 2 heterocycles. The highest BCUT2D eigenvalue weighted by Crippen LogP contribution is 2.39. The van der Waals surface area contributed by atoms with Gasteiger partial charge >= 0.3 is 0 Å². The number of primary amides is 1. The van der Waals surface area contributed by atoms with Gasteiger partial charge in [0.15, 0.2) is 17.3 Å². The Kier molecular flexibility index (Phi) is 5.50. The Morgan fingerprint density at radius 2 is 2.00 bits per heavy atom. The first kappa shape index (κ1) is 20.3. The summed E-state index contributed by atoms with van der Waals surface area (Å²) in [6, 6.07) is 12.2. The SMILES string of the molecule is COc1ccc(C=NNc2ncnc3c(C)c(-c4ccc(C(N)=O)cc4)sc23)cc1O. The molecule has 4 rings (SSSR count). The Morgan fingerprint density at radius 1 is 1.23 bits per heavy atom. The maximum Gasteiger partial charge on any atom is 0.248 e. The van der Waals surface area contributed by atoms with Crippen molar-refractivity contribution in [3.63, 3.8) is 0 Å². The number of hydrazone groups is 1. The number of aryl methyl sites for hydroxylation is 1. The number of rotatable bonds is 6. The number of amides is 1. The zero-order chi connectivity index (χ0) is 22.0. The number of ether oxygens (including phenoxy) is 1. The number of carbonyl (C=O) groups excluding carboxylic acids is 1. The summed E-state index contributed by atoms with van der Waals surface area (Å²) in [5.41, 5.74) is 12.3. The molecule has 0 bridgehead atoms. The Labute approximate surface area is 182 Å². The monoisotopic (exact) mass is 433 g/mol. The first-order valence-corrected chi connectivity index (χ1v) is 10.1. The molecule has 0 fully saturated rings. The number of hydrogen-bond acceptors (Lipinski definition) is 8. The van der Waals surface area contributed by atoms with Crippen molar-refractivity contribution in [1.82, 2.24) is 9.97 Å². The van der Waals surface area contributed by atoms with Gasteiger partial charge in [-0.25, -0.2) is 9.97 Å². The molecule has 8 nitrogen and oxygen atoms in total. The van der Waals surface area contributed by atoms with Crippen LogP contribution in [0.5, 0.6) is 11.5 Å². The number of aromatic hydroxyl groups is 1. The molecule has 4 aromatic rings. The number of methoxy groups -OCH3 is 1. The number of carbonyl (C=O) groups is 1. The molecule has 0 radical (unpaired) electrons. The predicted molar refractivity (Wildman–Crippen MR) is 122 cm³/mol. The highest BCUT2D eigenvalue weighted by Gasteiger charge is 2.15. The normalized spacial score (nSPS) is 11.2. The van der Waals surface area contributed by atoms with Crippen LogP contribution in [0.2, 0.25) is 0 Å². The van der Waals surface area contributed by atoms with Crippen molar-refractivity contribution in [2.45, 2.75) is 6.92 Å². The minimum absolute atomic E-state index is 0.0387. The van der Waals surface area contributed by atoms with E-state index in [4.69, 9.17) is 10.5 Å². The molecule has 0 unspecified atom stereocenters. The van der Waals surface area contributed by atoms with Gasteiger partial charge in [-0.15, -0.1) is 11.3 Å². The summed E-state index contributed by atoms with van der Waals surface area (Å²) >= 11 is 1.54. The number of fused-ring (bicyclic) bond motifs is 1. The van der Waals surface area contributed by atoms with Crippen LogP contribution in [0.3, 0.4) is 0 Å². The summed E-state index contributed by atoms with van der Waals surface area (Å²) in [6.45, 7) is 2.00. The lowest BCUT2D eigenvalue weighted by molar-refractivity contribution is 0.100. The topological polar surface area (TPSA) is 123 Å². The Bertz CT molecular complexity index is 1300. The van der Waals surface area contributed by atoms with Gasteiger partial charge in [0.2, 0.25) is 5.91 Å². The minimum Gasteiger partial charge on any atom is -0.504 e. The number of phenols is 1.